The molecule has 5 nitrogen and oxygen atoms in total. The molecule has 1 atom stereocenters. The van der Waals surface area contributed by atoms with Crippen LogP contribution in [0.25, 0.3) is 11.1 Å². The van der Waals surface area contributed by atoms with Crippen LogP contribution >= 0.6 is 0 Å². The van der Waals surface area contributed by atoms with Crippen LogP contribution in [0, 0.1) is 6.92 Å². The van der Waals surface area contributed by atoms with E-state index in [-0.39, 0.29) is 11.8 Å². The molecule has 0 aliphatic heterocycles. The molecule has 0 aromatic heterocycles. The van der Waals surface area contributed by atoms with Crippen LogP contribution in [-0.4, -0.2) is 24.4 Å². The molecule has 0 aliphatic rings. The molecule has 0 saturated carbocycles. The Kier molecular flexibility index (Phi) is 7.96. The van der Waals surface area contributed by atoms with Gasteiger partial charge in [0.25, 0.3) is 5.91 Å². The van der Waals surface area contributed by atoms with Gasteiger partial charge in [0.05, 0.1) is 0 Å². The van der Waals surface area contributed by atoms with Gasteiger partial charge in [-0.15, -0.1) is 0 Å². The Morgan fingerprint density at radius 1 is 0.871 bits per heavy atom. The van der Waals surface area contributed by atoms with Crippen LogP contribution in [0.2, 0.25) is 0 Å². The van der Waals surface area contributed by atoms with Gasteiger partial charge in [-0.3, -0.25) is 9.59 Å². The number of carbonyl (C=O) groups is 2. The molecule has 0 radical (unpaired) electrons. The summed E-state index contributed by atoms with van der Waals surface area (Å²) in [5.41, 5.74) is 9.77. The summed E-state index contributed by atoms with van der Waals surface area (Å²) < 4.78 is 0. The van der Waals surface area contributed by atoms with Crippen molar-refractivity contribution >= 4 is 17.5 Å². The summed E-state index contributed by atoms with van der Waals surface area (Å²) in [6.45, 7) is 2.54. The lowest BCUT2D eigenvalue weighted by Gasteiger charge is -2.19. The molecule has 5 heteroatoms. The fraction of sp³-hybridized carbons (Fsp3) is 0.231. The first kappa shape index (κ1) is 22.2. The number of benzene rings is 3. The van der Waals surface area contributed by atoms with Crippen molar-refractivity contribution in [3.8, 4) is 11.1 Å². The van der Waals surface area contributed by atoms with Gasteiger partial charge in [-0.2, -0.15) is 0 Å². The maximum atomic E-state index is 13.2. The van der Waals surface area contributed by atoms with E-state index in [2.05, 4.69) is 10.6 Å². The largest absolute Gasteiger partial charge is 0.340 e. The third-order valence-corrected chi connectivity index (χ3v) is 5.14. The van der Waals surface area contributed by atoms with E-state index in [0.717, 1.165) is 29.5 Å². The molecule has 0 unspecified atom stereocenters. The topological polar surface area (TPSA) is 84.2 Å². The second kappa shape index (κ2) is 11.1. The summed E-state index contributed by atoms with van der Waals surface area (Å²) in [7, 11) is 0. The first-order chi connectivity index (χ1) is 15.1. The minimum absolute atomic E-state index is 0.230. The Morgan fingerprint density at radius 2 is 1.55 bits per heavy atom. The molecule has 0 heterocycles. The highest BCUT2D eigenvalue weighted by atomic mass is 16.2. The van der Waals surface area contributed by atoms with Gasteiger partial charge in [-0.25, -0.2) is 0 Å². The Bertz CT molecular complexity index is 1000. The van der Waals surface area contributed by atoms with E-state index in [9.17, 15) is 9.59 Å². The van der Waals surface area contributed by atoms with Gasteiger partial charge < -0.3 is 16.4 Å². The SMILES string of the molecule is Cc1ccc(NC(=O)[C@H](CCCCN)NC(=O)c2ccccc2-c2ccccc2)cc1. The first-order valence-electron chi connectivity index (χ1n) is 10.6. The van der Waals surface area contributed by atoms with Gasteiger partial charge in [-0.1, -0.05) is 66.2 Å². The Labute approximate surface area is 183 Å². The average Bonchev–Trinajstić information content (AvgIpc) is 2.80. The Morgan fingerprint density at radius 3 is 2.26 bits per heavy atom. The monoisotopic (exact) mass is 415 g/mol. The lowest BCUT2D eigenvalue weighted by molar-refractivity contribution is -0.118. The first-order valence-corrected chi connectivity index (χ1v) is 10.6. The number of amides is 2. The number of rotatable bonds is 9. The van der Waals surface area contributed by atoms with Crippen molar-refractivity contribution in [2.45, 2.75) is 32.2 Å². The lowest BCUT2D eigenvalue weighted by Crippen LogP contribution is -2.44. The number of hydrogen-bond donors (Lipinski definition) is 3. The van der Waals surface area contributed by atoms with Gasteiger partial charge in [0.1, 0.15) is 6.04 Å². The highest BCUT2D eigenvalue weighted by molar-refractivity contribution is 6.04. The van der Waals surface area contributed by atoms with E-state index in [1.165, 1.54) is 0 Å². The molecule has 0 aliphatic carbocycles. The number of anilines is 1. The van der Waals surface area contributed by atoms with Gasteiger partial charge in [-0.05, 0) is 62.1 Å². The maximum absolute atomic E-state index is 13.2. The second-order valence-electron chi connectivity index (χ2n) is 7.58. The summed E-state index contributed by atoms with van der Waals surface area (Å²) in [5.74, 6) is -0.498. The zero-order chi connectivity index (χ0) is 22.1. The van der Waals surface area contributed by atoms with Crippen molar-refractivity contribution in [1.29, 1.82) is 0 Å². The average molecular weight is 416 g/mol. The number of hydrogen-bond acceptors (Lipinski definition) is 3. The standard InChI is InChI=1S/C26H29N3O2/c1-19-14-16-21(17-15-19)28-26(31)24(13-7-8-18-27)29-25(30)23-12-6-5-11-22(23)20-9-3-2-4-10-20/h2-6,9-12,14-17,24H,7-8,13,18,27H2,1H3,(H,28,31)(H,29,30)/t24-/m0/s1. The third kappa shape index (κ3) is 6.27. The van der Waals surface area contributed by atoms with E-state index in [0.29, 0.717) is 24.2 Å². The molecular weight excluding hydrogens is 386 g/mol. The van der Waals surface area contributed by atoms with Crippen LogP contribution < -0.4 is 16.4 Å². The normalized spacial score (nSPS) is 11.5. The van der Waals surface area contributed by atoms with Crippen LogP contribution in [0.3, 0.4) is 0 Å². The molecule has 0 saturated heterocycles. The summed E-state index contributed by atoms with van der Waals surface area (Å²) >= 11 is 0. The van der Waals surface area contributed by atoms with Gasteiger partial charge in [0.15, 0.2) is 0 Å². The molecule has 0 fully saturated rings. The van der Waals surface area contributed by atoms with Gasteiger partial charge in [0.2, 0.25) is 5.91 Å². The number of nitrogens with two attached hydrogens (primary N) is 1. The van der Waals surface area contributed by atoms with Crippen molar-refractivity contribution in [2.75, 3.05) is 11.9 Å². The molecule has 3 rings (SSSR count). The number of carbonyl (C=O) groups excluding carboxylic acids is 2. The Balaban J connectivity index is 1.78. The summed E-state index contributed by atoms with van der Waals surface area (Å²) in [5, 5.41) is 5.86. The highest BCUT2D eigenvalue weighted by Gasteiger charge is 2.22. The van der Waals surface area contributed by atoms with Crippen molar-refractivity contribution in [1.82, 2.24) is 5.32 Å². The zero-order valence-electron chi connectivity index (χ0n) is 17.8. The van der Waals surface area contributed by atoms with Gasteiger partial charge in [0, 0.05) is 11.3 Å². The van der Waals surface area contributed by atoms with Crippen LogP contribution in [0.15, 0.2) is 78.9 Å². The van der Waals surface area contributed by atoms with E-state index in [1.54, 1.807) is 6.07 Å². The molecular formula is C26H29N3O2. The molecule has 2 amide bonds. The van der Waals surface area contributed by atoms with Crippen LogP contribution in [0.5, 0.6) is 0 Å². The van der Waals surface area contributed by atoms with Crippen molar-refractivity contribution in [2.24, 2.45) is 5.73 Å². The van der Waals surface area contributed by atoms with E-state index >= 15 is 0 Å². The highest BCUT2D eigenvalue weighted by Crippen LogP contribution is 2.23. The van der Waals surface area contributed by atoms with E-state index in [1.807, 2.05) is 79.7 Å². The Hall–Kier alpha value is -3.44. The summed E-state index contributed by atoms with van der Waals surface area (Å²) in [4.78, 5) is 26.1. The molecule has 3 aromatic carbocycles. The van der Waals surface area contributed by atoms with Crippen LogP contribution in [-0.2, 0) is 4.79 Å². The molecule has 0 bridgehead atoms. The fourth-order valence-corrected chi connectivity index (χ4v) is 3.41. The fourth-order valence-electron chi connectivity index (χ4n) is 3.41. The van der Waals surface area contributed by atoms with Crippen LogP contribution in [0.1, 0.15) is 35.2 Å². The van der Waals surface area contributed by atoms with Gasteiger partial charge >= 0.3 is 0 Å². The predicted molar refractivity (Wildman–Crippen MR) is 126 cm³/mol. The quantitative estimate of drug-likeness (QED) is 0.449. The summed E-state index contributed by atoms with van der Waals surface area (Å²) in [6.07, 6.45) is 2.07. The van der Waals surface area contributed by atoms with Crippen molar-refractivity contribution in [3.63, 3.8) is 0 Å². The molecule has 160 valence electrons. The molecule has 3 aromatic rings. The number of nitrogens with one attached hydrogen (secondary N) is 2. The smallest absolute Gasteiger partial charge is 0.252 e. The molecule has 31 heavy (non-hydrogen) atoms. The second-order valence-corrected chi connectivity index (χ2v) is 7.58. The minimum atomic E-state index is -0.649. The molecule has 4 N–H and O–H groups in total. The number of aryl methyl sites for hydroxylation is 1. The minimum Gasteiger partial charge on any atom is -0.340 e. The number of unbranched alkanes of at least 4 members (excludes halogenated alkanes) is 1. The third-order valence-electron chi connectivity index (χ3n) is 5.14. The summed E-state index contributed by atoms with van der Waals surface area (Å²) in [6, 6.07) is 24.1. The predicted octanol–water partition coefficient (Wildman–Crippen LogP) is 4.53. The maximum Gasteiger partial charge on any atom is 0.252 e. The van der Waals surface area contributed by atoms with E-state index in [4.69, 9.17) is 5.73 Å². The van der Waals surface area contributed by atoms with Crippen molar-refractivity contribution < 1.29 is 9.59 Å². The van der Waals surface area contributed by atoms with Crippen LogP contribution in [0.4, 0.5) is 5.69 Å². The molecule has 0 spiro atoms. The zero-order valence-corrected chi connectivity index (χ0v) is 17.8. The van der Waals surface area contributed by atoms with Crippen molar-refractivity contribution in [3.05, 3.63) is 90.0 Å². The lowest BCUT2D eigenvalue weighted by atomic mass is 9.98. The van der Waals surface area contributed by atoms with E-state index < -0.39 is 6.04 Å².